The summed E-state index contributed by atoms with van der Waals surface area (Å²) in [5.74, 6) is 0.931. The summed E-state index contributed by atoms with van der Waals surface area (Å²) in [6, 6.07) is 10.1. The number of ether oxygens (including phenoxy) is 3. The maximum absolute atomic E-state index is 6.10. The third-order valence-electron chi connectivity index (χ3n) is 4.23. The summed E-state index contributed by atoms with van der Waals surface area (Å²) in [6.07, 6.45) is 5.33. The molecule has 3 heteroatoms. The van der Waals surface area contributed by atoms with Crippen molar-refractivity contribution in [2.24, 2.45) is 11.8 Å². The quantitative estimate of drug-likeness (QED) is 0.760. The molecule has 1 aromatic carbocycles. The van der Waals surface area contributed by atoms with E-state index in [4.69, 9.17) is 14.2 Å². The summed E-state index contributed by atoms with van der Waals surface area (Å²) in [7, 11) is 0. The Morgan fingerprint density at radius 2 is 1.94 bits per heavy atom. The highest BCUT2D eigenvalue weighted by atomic mass is 16.7. The van der Waals surface area contributed by atoms with Gasteiger partial charge in [0.05, 0.1) is 19.0 Å². The van der Waals surface area contributed by atoms with Crippen LogP contribution in [0.4, 0.5) is 0 Å². The van der Waals surface area contributed by atoms with Crippen LogP contribution in [-0.2, 0) is 14.2 Å². The Balaban J connectivity index is 1.52. The molecule has 1 saturated carbocycles. The van der Waals surface area contributed by atoms with Crippen molar-refractivity contribution in [1.82, 2.24) is 0 Å². The van der Waals surface area contributed by atoms with E-state index in [1.54, 1.807) is 0 Å². The van der Waals surface area contributed by atoms with Crippen molar-refractivity contribution in [3.63, 3.8) is 0 Å². The van der Waals surface area contributed by atoms with Gasteiger partial charge in [0.2, 0.25) is 0 Å². The lowest BCUT2D eigenvalue weighted by atomic mass is 9.94. The average molecular weight is 244 g/mol. The molecule has 4 rings (SSSR count). The topological polar surface area (TPSA) is 27.7 Å². The Labute approximate surface area is 106 Å². The second-order valence-corrected chi connectivity index (χ2v) is 5.23. The molecule has 0 aromatic heterocycles. The molecular formula is C15H16O3. The first kappa shape index (κ1) is 10.6. The zero-order valence-electron chi connectivity index (χ0n) is 10.1. The lowest BCUT2D eigenvalue weighted by Gasteiger charge is -2.34. The van der Waals surface area contributed by atoms with Crippen molar-refractivity contribution in [3.8, 4) is 0 Å². The van der Waals surface area contributed by atoms with E-state index in [1.807, 2.05) is 24.5 Å². The van der Waals surface area contributed by atoms with Crippen molar-refractivity contribution >= 4 is 0 Å². The number of benzene rings is 1. The van der Waals surface area contributed by atoms with Gasteiger partial charge in [0.25, 0.3) is 0 Å². The molecule has 0 radical (unpaired) electrons. The van der Waals surface area contributed by atoms with Crippen LogP contribution in [0.2, 0.25) is 0 Å². The molecule has 0 bridgehead atoms. The Morgan fingerprint density at radius 3 is 2.83 bits per heavy atom. The van der Waals surface area contributed by atoms with Crippen molar-refractivity contribution in [3.05, 3.63) is 48.2 Å². The van der Waals surface area contributed by atoms with Crippen molar-refractivity contribution in [1.29, 1.82) is 0 Å². The predicted molar refractivity (Wildman–Crippen MR) is 65.6 cm³/mol. The normalized spacial score (nSPS) is 41.2. The zero-order chi connectivity index (χ0) is 11.9. The molecule has 0 spiro atoms. The smallest absolute Gasteiger partial charge is 0.184 e. The lowest BCUT2D eigenvalue weighted by molar-refractivity contribution is -0.236. The van der Waals surface area contributed by atoms with Gasteiger partial charge in [0.15, 0.2) is 6.29 Å². The molecular weight excluding hydrogens is 228 g/mol. The summed E-state index contributed by atoms with van der Waals surface area (Å²) < 4.78 is 17.6. The first-order chi connectivity index (χ1) is 8.92. The molecule has 2 unspecified atom stereocenters. The molecule has 18 heavy (non-hydrogen) atoms. The van der Waals surface area contributed by atoms with Gasteiger partial charge in [-0.1, -0.05) is 30.3 Å². The second-order valence-electron chi connectivity index (χ2n) is 5.23. The third kappa shape index (κ3) is 1.58. The van der Waals surface area contributed by atoms with Gasteiger partial charge in [0, 0.05) is 23.8 Å². The number of fused-ring (bicyclic) bond motifs is 3. The Kier molecular flexibility index (Phi) is 2.42. The van der Waals surface area contributed by atoms with E-state index in [1.165, 1.54) is 0 Å². The summed E-state index contributed by atoms with van der Waals surface area (Å²) in [6.45, 7) is 0.763. The second kappa shape index (κ2) is 4.11. The van der Waals surface area contributed by atoms with Crippen molar-refractivity contribution in [2.45, 2.75) is 24.9 Å². The highest BCUT2D eigenvalue weighted by Crippen LogP contribution is 2.45. The van der Waals surface area contributed by atoms with Crippen LogP contribution in [0.5, 0.6) is 0 Å². The zero-order valence-corrected chi connectivity index (χ0v) is 10.1. The molecule has 94 valence electrons. The van der Waals surface area contributed by atoms with Gasteiger partial charge in [-0.25, -0.2) is 0 Å². The van der Waals surface area contributed by atoms with E-state index in [0.717, 1.165) is 18.6 Å². The SMILES string of the molecule is C1=CC2[C@@H](C[C@@H]3OC(c4ccccc4)OC[C@@H]23)O1. The van der Waals surface area contributed by atoms with Gasteiger partial charge < -0.3 is 14.2 Å². The van der Waals surface area contributed by atoms with Crippen molar-refractivity contribution in [2.75, 3.05) is 6.61 Å². The largest absolute Gasteiger partial charge is 0.498 e. The minimum atomic E-state index is -0.213. The fourth-order valence-electron chi connectivity index (χ4n) is 3.29. The van der Waals surface area contributed by atoms with Crippen LogP contribution in [0.25, 0.3) is 0 Å². The van der Waals surface area contributed by atoms with Gasteiger partial charge in [0.1, 0.15) is 6.10 Å². The minimum absolute atomic E-state index is 0.213. The maximum Gasteiger partial charge on any atom is 0.184 e. The van der Waals surface area contributed by atoms with Crippen LogP contribution < -0.4 is 0 Å². The third-order valence-corrected chi connectivity index (χ3v) is 4.23. The number of hydrogen-bond donors (Lipinski definition) is 0. The molecule has 0 amide bonds. The van der Waals surface area contributed by atoms with Gasteiger partial charge >= 0.3 is 0 Å². The fourth-order valence-corrected chi connectivity index (χ4v) is 3.29. The van der Waals surface area contributed by atoms with E-state index in [2.05, 4.69) is 18.2 Å². The van der Waals surface area contributed by atoms with Gasteiger partial charge in [-0.05, 0) is 6.08 Å². The first-order valence-electron chi connectivity index (χ1n) is 6.56. The van der Waals surface area contributed by atoms with E-state index in [0.29, 0.717) is 17.9 Å². The minimum Gasteiger partial charge on any atom is -0.498 e. The molecule has 5 atom stereocenters. The van der Waals surface area contributed by atoms with Crippen LogP contribution >= 0.6 is 0 Å². The molecule has 1 aromatic rings. The highest BCUT2D eigenvalue weighted by molar-refractivity contribution is 5.17. The van der Waals surface area contributed by atoms with E-state index in [-0.39, 0.29) is 12.4 Å². The molecule has 2 heterocycles. The summed E-state index contributed by atoms with van der Waals surface area (Å²) in [5.41, 5.74) is 1.10. The molecule has 3 aliphatic rings. The average Bonchev–Trinajstić information content (AvgIpc) is 2.99. The van der Waals surface area contributed by atoms with Gasteiger partial charge in [-0.2, -0.15) is 0 Å². The fraction of sp³-hybridized carbons (Fsp3) is 0.467. The standard InChI is InChI=1S/C15H16O3/c1-2-4-10(5-3-1)15-17-9-12-11-6-7-16-13(11)8-14(12)18-15/h1-7,11-15H,8-9H2/t11?,12-,13+,14-,15?/m0/s1. The molecule has 3 nitrogen and oxygen atoms in total. The van der Waals surface area contributed by atoms with Crippen LogP contribution in [-0.4, -0.2) is 18.8 Å². The van der Waals surface area contributed by atoms with E-state index in [9.17, 15) is 0 Å². The van der Waals surface area contributed by atoms with Crippen LogP contribution in [0, 0.1) is 11.8 Å². The van der Waals surface area contributed by atoms with Crippen LogP contribution in [0.15, 0.2) is 42.7 Å². The first-order valence-corrected chi connectivity index (χ1v) is 6.56. The Hall–Kier alpha value is -1.32. The number of hydrogen-bond acceptors (Lipinski definition) is 3. The van der Waals surface area contributed by atoms with Crippen LogP contribution in [0.3, 0.4) is 0 Å². The van der Waals surface area contributed by atoms with Gasteiger partial charge in [-0.15, -0.1) is 0 Å². The monoisotopic (exact) mass is 244 g/mol. The van der Waals surface area contributed by atoms with Crippen LogP contribution in [0.1, 0.15) is 18.3 Å². The van der Waals surface area contributed by atoms with Gasteiger partial charge in [-0.3, -0.25) is 0 Å². The molecule has 1 aliphatic carbocycles. The number of rotatable bonds is 1. The van der Waals surface area contributed by atoms with E-state index >= 15 is 0 Å². The summed E-state index contributed by atoms with van der Waals surface area (Å²) >= 11 is 0. The summed E-state index contributed by atoms with van der Waals surface area (Å²) in [4.78, 5) is 0. The highest BCUT2D eigenvalue weighted by Gasteiger charge is 2.49. The Bertz CT molecular complexity index is 456. The molecule has 0 N–H and O–H groups in total. The lowest BCUT2D eigenvalue weighted by Crippen LogP contribution is -2.34. The molecule has 2 fully saturated rings. The van der Waals surface area contributed by atoms with E-state index < -0.39 is 0 Å². The Morgan fingerprint density at radius 1 is 1.06 bits per heavy atom. The summed E-state index contributed by atoms with van der Waals surface area (Å²) in [5, 5.41) is 0. The van der Waals surface area contributed by atoms with Crippen molar-refractivity contribution < 1.29 is 14.2 Å². The predicted octanol–water partition coefficient (Wildman–Crippen LogP) is 2.65. The maximum atomic E-state index is 6.10. The molecule has 1 saturated heterocycles. The molecule has 2 aliphatic heterocycles.